The molecule has 1 fully saturated rings. The lowest BCUT2D eigenvalue weighted by Crippen LogP contribution is -2.34. The Bertz CT molecular complexity index is 201. The average Bonchev–Trinajstić information content (AvgIpc) is 2.12. The third kappa shape index (κ3) is 4.84. The molecule has 2 nitrogen and oxygen atoms in total. The number of ether oxygens (including phenoxy) is 1. The van der Waals surface area contributed by atoms with Crippen LogP contribution in [0, 0.1) is 11.3 Å². The second-order valence-electron chi connectivity index (χ2n) is 6.31. The van der Waals surface area contributed by atoms with Gasteiger partial charge < -0.3 is 9.84 Å². The summed E-state index contributed by atoms with van der Waals surface area (Å²) < 4.78 is 5.85. The Kier molecular flexibility index (Phi) is 5.26. The SMILES string of the molecule is CCCC(O)COC1CC(C)CC(C)(C)C1. The van der Waals surface area contributed by atoms with Crippen molar-refractivity contribution in [2.75, 3.05) is 6.61 Å². The summed E-state index contributed by atoms with van der Waals surface area (Å²) in [6.45, 7) is 9.55. The Balaban J connectivity index is 2.31. The van der Waals surface area contributed by atoms with Gasteiger partial charge in [0, 0.05) is 0 Å². The fourth-order valence-corrected chi connectivity index (χ4v) is 3.05. The van der Waals surface area contributed by atoms with Crippen molar-refractivity contribution in [1.82, 2.24) is 0 Å². The van der Waals surface area contributed by atoms with Gasteiger partial charge in [-0.2, -0.15) is 0 Å². The fourth-order valence-electron chi connectivity index (χ4n) is 3.05. The number of hydrogen-bond donors (Lipinski definition) is 1. The summed E-state index contributed by atoms with van der Waals surface area (Å²) in [5.41, 5.74) is 0.401. The molecule has 0 spiro atoms. The van der Waals surface area contributed by atoms with Crippen molar-refractivity contribution >= 4 is 0 Å². The Morgan fingerprint density at radius 3 is 2.62 bits per heavy atom. The maximum atomic E-state index is 9.65. The molecule has 0 heterocycles. The topological polar surface area (TPSA) is 29.5 Å². The molecule has 3 unspecified atom stereocenters. The smallest absolute Gasteiger partial charge is 0.0773 e. The highest BCUT2D eigenvalue weighted by Gasteiger charge is 2.32. The zero-order chi connectivity index (χ0) is 12.2. The molecule has 1 N–H and O–H groups in total. The Hall–Kier alpha value is -0.0800. The van der Waals surface area contributed by atoms with Crippen LogP contribution in [0.4, 0.5) is 0 Å². The van der Waals surface area contributed by atoms with Gasteiger partial charge >= 0.3 is 0 Å². The van der Waals surface area contributed by atoms with Gasteiger partial charge in [0.15, 0.2) is 0 Å². The third-order valence-electron chi connectivity index (χ3n) is 3.49. The van der Waals surface area contributed by atoms with Crippen LogP contribution in [-0.4, -0.2) is 23.9 Å². The van der Waals surface area contributed by atoms with Crippen LogP contribution in [0.1, 0.15) is 59.8 Å². The van der Waals surface area contributed by atoms with E-state index in [2.05, 4.69) is 27.7 Å². The molecule has 96 valence electrons. The predicted octanol–water partition coefficient (Wildman–Crippen LogP) is 3.38. The molecular formula is C14H28O2. The zero-order valence-corrected chi connectivity index (χ0v) is 11.3. The van der Waals surface area contributed by atoms with Gasteiger partial charge in [0.1, 0.15) is 0 Å². The lowest BCUT2D eigenvalue weighted by Gasteiger charge is -2.39. The van der Waals surface area contributed by atoms with Crippen molar-refractivity contribution in [2.45, 2.75) is 72.0 Å². The van der Waals surface area contributed by atoms with Crippen LogP contribution in [0.2, 0.25) is 0 Å². The minimum Gasteiger partial charge on any atom is -0.391 e. The van der Waals surface area contributed by atoms with E-state index in [1.54, 1.807) is 0 Å². The molecule has 0 aromatic heterocycles. The molecular weight excluding hydrogens is 200 g/mol. The molecule has 0 aromatic rings. The summed E-state index contributed by atoms with van der Waals surface area (Å²) in [7, 11) is 0. The number of aliphatic hydroxyl groups excluding tert-OH is 1. The highest BCUT2D eigenvalue weighted by molar-refractivity contribution is 4.83. The van der Waals surface area contributed by atoms with Crippen LogP contribution in [0.25, 0.3) is 0 Å². The third-order valence-corrected chi connectivity index (χ3v) is 3.49. The molecule has 1 aliphatic rings. The van der Waals surface area contributed by atoms with Gasteiger partial charge in [0.05, 0.1) is 18.8 Å². The molecule has 3 atom stereocenters. The number of hydrogen-bond acceptors (Lipinski definition) is 2. The highest BCUT2D eigenvalue weighted by atomic mass is 16.5. The van der Waals surface area contributed by atoms with E-state index in [9.17, 15) is 5.11 Å². The monoisotopic (exact) mass is 228 g/mol. The van der Waals surface area contributed by atoms with Crippen LogP contribution in [0.3, 0.4) is 0 Å². The van der Waals surface area contributed by atoms with Gasteiger partial charge in [-0.05, 0) is 37.0 Å². The molecule has 0 bridgehead atoms. The summed E-state index contributed by atoms with van der Waals surface area (Å²) in [6.07, 6.45) is 5.54. The van der Waals surface area contributed by atoms with Crippen molar-refractivity contribution in [1.29, 1.82) is 0 Å². The summed E-state index contributed by atoms with van der Waals surface area (Å²) in [5, 5.41) is 9.65. The fraction of sp³-hybridized carbons (Fsp3) is 1.00. The molecule has 1 aliphatic carbocycles. The Morgan fingerprint density at radius 2 is 2.06 bits per heavy atom. The summed E-state index contributed by atoms with van der Waals surface area (Å²) in [6, 6.07) is 0. The van der Waals surface area contributed by atoms with E-state index in [0.717, 1.165) is 31.6 Å². The van der Waals surface area contributed by atoms with Crippen molar-refractivity contribution in [3.8, 4) is 0 Å². The van der Waals surface area contributed by atoms with E-state index in [4.69, 9.17) is 4.74 Å². The second-order valence-corrected chi connectivity index (χ2v) is 6.31. The first-order valence-corrected chi connectivity index (χ1v) is 6.72. The zero-order valence-electron chi connectivity index (χ0n) is 11.3. The normalized spacial score (nSPS) is 31.3. The van der Waals surface area contributed by atoms with Gasteiger partial charge in [0.25, 0.3) is 0 Å². The van der Waals surface area contributed by atoms with E-state index < -0.39 is 0 Å². The van der Waals surface area contributed by atoms with E-state index in [1.807, 2.05) is 0 Å². The Morgan fingerprint density at radius 1 is 1.38 bits per heavy atom. The van der Waals surface area contributed by atoms with Crippen LogP contribution in [0.5, 0.6) is 0 Å². The minimum absolute atomic E-state index is 0.273. The Labute approximate surface area is 100 Å². The van der Waals surface area contributed by atoms with E-state index in [-0.39, 0.29) is 6.10 Å². The number of aliphatic hydroxyl groups is 1. The molecule has 0 amide bonds. The highest BCUT2D eigenvalue weighted by Crippen LogP contribution is 2.39. The first-order valence-electron chi connectivity index (χ1n) is 6.72. The van der Waals surface area contributed by atoms with Gasteiger partial charge in [0.2, 0.25) is 0 Å². The lowest BCUT2D eigenvalue weighted by atomic mass is 9.71. The summed E-state index contributed by atoms with van der Waals surface area (Å²) in [4.78, 5) is 0. The van der Waals surface area contributed by atoms with Crippen molar-refractivity contribution in [2.24, 2.45) is 11.3 Å². The van der Waals surface area contributed by atoms with Gasteiger partial charge in [-0.3, -0.25) is 0 Å². The molecule has 2 heteroatoms. The quantitative estimate of drug-likeness (QED) is 0.781. The van der Waals surface area contributed by atoms with Crippen molar-refractivity contribution < 1.29 is 9.84 Å². The molecule has 0 radical (unpaired) electrons. The van der Waals surface area contributed by atoms with Gasteiger partial charge in [-0.15, -0.1) is 0 Å². The van der Waals surface area contributed by atoms with Gasteiger partial charge in [-0.1, -0.05) is 34.1 Å². The maximum absolute atomic E-state index is 9.65. The lowest BCUT2D eigenvalue weighted by molar-refractivity contribution is -0.0571. The second kappa shape index (κ2) is 6.02. The van der Waals surface area contributed by atoms with Crippen LogP contribution in [-0.2, 0) is 4.74 Å². The first kappa shape index (κ1) is 14.0. The van der Waals surface area contributed by atoms with E-state index in [1.165, 1.54) is 6.42 Å². The largest absolute Gasteiger partial charge is 0.391 e. The van der Waals surface area contributed by atoms with E-state index in [0.29, 0.717) is 18.1 Å². The molecule has 16 heavy (non-hydrogen) atoms. The summed E-state index contributed by atoms with van der Waals surface area (Å²) in [5.74, 6) is 0.747. The van der Waals surface area contributed by atoms with Crippen LogP contribution < -0.4 is 0 Å². The first-order chi connectivity index (χ1) is 7.43. The van der Waals surface area contributed by atoms with Gasteiger partial charge in [-0.25, -0.2) is 0 Å². The standard InChI is InChI=1S/C14H28O2/c1-5-6-12(15)10-16-13-7-11(2)8-14(3,4)9-13/h11-13,15H,5-10H2,1-4H3. The van der Waals surface area contributed by atoms with Crippen LogP contribution in [0.15, 0.2) is 0 Å². The minimum atomic E-state index is -0.273. The van der Waals surface area contributed by atoms with Crippen molar-refractivity contribution in [3.63, 3.8) is 0 Å². The molecule has 0 aliphatic heterocycles. The van der Waals surface area contributed by atoms with E-state index >= 15 is 0 Å². The average molecular weight is 228 g/mol. The maximum Gasteiger partial charge on any atom is 0.0773 e. The predicted molar refractivity (Wildman–Crippen MR) is 67.5 cm³/mol. The van der Waals surface area contributed by atoms with Crippen molar-refractivity contribution in [3.05, 3.63) is 0 Å². The molecule has 0 aromatic carbocycles. The number of rotatable bonds is 5. The van der Waals surface area contributed by atoms with Crippen LogP contribution >= 0.6 is 0 Å². The summed E-state index contributed by atoms with van der Waals surface area (Å²) >= 11 is 0. The molecule has 0 saturated heterocycles. The molecule has 1 rings (SSSR count). The molecule has 1 saturated carbocycles.